The second-order valence-corrected chi connectivity index (χ2v) is 8.39. The van der Waals surface area contributed by atoms with E-state index in [0.717, 1.165) is 0 Å². The molecule has 9 nitrogen and oxygen atoms in total. The first-order valence-electron chi connectivity index (χ1n) is 10.8. The van der Waals surface area contributed by atoms with Gasteiger partial charge in [0.15, 0.2) is 5.82 Å². The van der Waals surface area contributed by atoms with E-state index < -0.39 is 35.6 Å². The molecule has 0 aromatic carbocycles. The minimum Gasteiger partial charge on any atom is -0.365 e. The van der Waals surface area contributed by atoms with E-state index in [1.807, 2.05) is 4.90 Å². The van der Waals surface area contributed by atoms with Crippen LogP contribution in [0.4, 0.5) is 24.5 Å². The van der Waals surface area contributed by atoms with E-state index >= 15 is 4.39 Å². The van der Waals surface area contributed by atoms with Crippen LogP contribution >= 0.6 is 0 Å². The number of nitrogens with zero attached hydrogens (tertiary/aromatic N) is 5. The van der Waals surface area contributed by atoms with Crippen LogP contribution in [0.15, 0.2) is 18.3 Å². The Morgan fingerprint density at radius 2 is 1.91 bits per heavy atom. The summed E-state index contributed by atoms with van der Waals surface area (Å²) in [4.78, 5) is 35.2. The van der Waals surface area contributed by atoms with Crippen molar-refractivity contribution >= 4 is 28.7 Å². The van der Waals surface area contributed by atoms with Gasteiger partial charge in [-0.25, -0.2) is 14.4 Å². The van der Waals surface area contributed by atoms with Gasteiger partial charge in [-0.2, -0.15) is 8.78 Å². The zero-order valence-corrected chi connectivity index (χ0v) is 18.5. The van der Waals surface area contributed by atoms with Crippen molar-refractivity contribution in [2.45, 2.75) is 19.4 Å². The highest BCUT2D eigenvalue weighted by Crippen LogP contribution is 2.36. The van der Waals surface area contributed by atoms with E-state index in [1.165, 1.54) is 29.8 Å². The standard InChI is InChI=1S/C22H22F3N7O2/c1-11-16-18-17(28-20(11)33)15(23)12(10-32(18)22(25)29-16)9-30-5-7-31(8-6-30)14-4-3-13(21(34)26-2)27-19(14)24/h3-4,10-11H,5-9H2,1-2H3,(H,26,34)(H,28,33)/t11-/m1/s1. The quantitative estimate of drug-likeness (QED) is 0.562. The van der Waals surface area contributed by atoms with E-state index in [9.17, 15) is 18.4 Å². The highest BCUT2D eigenvalue weighted by Gasteiger charge is 2.33. The lowest BCUT2D eigenvalue weighted by Gasteiger charge is -2.36. The Morgan fingerprint density at radius 3 is 2.59 bits per heavy atom. The lowest BCUT2D eigenvalue weighted by atomic mass is 10.0. The molecule has 3 aromatic heterocycles. The number of carbonyl (C=O) groups excluding carboxylic acids is 2. The third-order valence-electron chi connectivity index (χ3n) is 6.37. The molecular formula is C22H22F3N7O2. The molecule has 2 N–H and O–H groups in total. The normalized spacial score (nSPS) is 18.3. The van der Waals surface area contributed by atoms with Crippen LogP contribution in [0.2, 0.25) is 0 Å². The fourth-order valence-corrected chi connectivity index (χ4v) is 4.45. The van der Waals surface area contributed by atoms with Gasteiger partial charge in [-0.3, -0.25) is 18.9 Å². The van der Waals surface area contributed by atoms with Gasteiger partial charge < -0.3 is 15.5 Å². The molecule has 178 valence electrons. The lowest BCUT2D eigenvalue weighted by molar-refractivity contribution is -0.117. The molecule has 1 fully saturated rings. The van der Waals surface area contributed by atoms with Gasteiger partial charge in [0.2, 0.25) is 11.9 Å². The molecule has 0 unspecified atom stereocenters. The Morgan fingerprint density at radius 1 is 1.18 bits per heavy atom. The number of nitrogens with one attached hydrogen (secondary N) is 2. The second-order valence-electron chi connectivity index (χ2n) is 8.39. The summed E-state index contributed by atoms with van der Waals surface area (Å²) in [7, 11) is 1.44. The monoisotopic (exact) mass is 473 g/mol. The van der Waals surface area contributed by atoms with Crippen molar-refractivity contribution in [1.82, 2.24) is 24.6 Å². The number of carbonyl (C=O) groups is 2. The maximum absolute atomic E-state index is 15.3. The maximum Gasteiger partial charge on any atom is 0.294 e. The number of hydrogen-bond acceptors (Lipinski definition) is 6. The first kappa shape index (κ1) is 22.1. The molecule has 3 aromatic rings. The van der Waals surface area contributed by atoms with Crippen molar-refractivity contribution in [3.63, 3.8) is 0 Å². The van der Waals surface area contributed by atoms with Crippen molar-refractivity contribution < 1.29 is 22.8 Å². The minimum atomic E-state index is -0.802. The molecule has 2 amide bonds. The van der Waals surface area contributed by atoms with Gasteiger partial charge in [0.05, 0.1) is 22.8 Å². The van der Waals surface area contributed by atoms with E-state index in [4.69, 9.17) is 0 Å². The van der Waals surface area contributed by atoms with Crippen LogP contribution in [0.3, 0.4) is 0 Å². The Kier molecular flexibility index (Phi) is 5.39. The summed E-state index contributed by atoms with van der Waals surface area (Å²) < 4.78 is 45.4. The number of halogens is 3. The number of hydrogen-bond donors (Lipinski definition) is 2. The molecule has 0 aliphatic carbocycles. The molecule has 0 saturated carbocycles. The smallest absolute Gasteiger partial charge is 0.294 e. The van der Waals surface area contributed by atoms with Crippen LogP contribution in [0.5, 0.6) is 0 Å². The summed E-state index contributed by atoms with van der Waals surface area (Å²) in [5, 5.41) is 4.94. The largest absolute Gasteiger partial charge is 0.365 e. The minimum absolute atomic E-state index is 0.00593. The number of anilines is 2. The molecule has 5 heterocycles. The number of imidazole rings is 1. The lowest BCUT2D eigenvalue weighted by Crippen LogP contribution is -2.46. The molecule has 2 aliphatic rings. The number of rotatable bonds is 4. The summed E-state index contributed by atoms with van der Waals surface area (Å²) in [6.07, 6.45) is 0.571. The summed E-state index contributed by atoms with van der Waals surface area (Å²) >= 11 is 0. The molecule has 5 rings (SSSR count). The molecule has 34 heavy (non-hydrogen) atoms. The molecule has 1 atom stereocenters. The second kappa shape index (κ2) is 8.28. The van der Waals surface area contributed by atoms with Crippen LogP contribution in [0, 0.1) is 17.8 Å². The number of amides is 2. The van der Waals surface area contributed by atoms with Crippen LogP contribution in [-0.4, -0.2) is 64.3 Å². The first-order chi connectivity index (χ1) is 16.3. The predicted molar refractivity (Wildman–Crippen MR) is 117 cm³/mol. The van der Waals surface area contributed by atoms with Crippen molar-refractivity contribution in [2.24, 2.45) is 0 Å². The average Bonchev–Trinajstić information content (AvgIpc) is 3.16. The fourth-order valence-electron chi connectivity index (χ4n) is 4.45. The van der Waals surface area contributed by atoms with Crippen molar-refractivity contribution in [2.75, 3.05) is 43.4 Å². The summed E-state index contributed by atoms with van der Waals surface area (Å²) in [6, 6.07) is 2.98. The fraction of sp³-hybridized carbons (Fsp3) is 0.364. The average molecular weight is 473 g/mol. The Bertz CT molecular complexity index is 1320. The highest BCUT2D eigenvalue weighted by atomic mass is 19.1. The SMILES string of the molecule is CNC(=O)c1ccc(N2CCN(Cc3cn4c(F)nc5c4c(c3F)NC(=O)[C@@H]5C)CC2)c(F)n1. The van der Waals surface area contributed by atoms with Crippen LogP contribution in [0.1, 0.15) is 34.6 Å². The molecule has 0 spiro atoms. The molecule has 0 radical (unpaired) electrons. The van der Waals surface area contributed by atoms with E-state index in [1.54, 1.807) is 11.8 Å². The van der Waals surface area contributed by atoms with E-state index in [-0.39, 0.29) is 40.4 Å². The van der Waals surface area contributed by atoms with Crippen molar-refractivity contribution in [3.05, 3.63) is 53.1 Å². The number of pyridine rings is 2. The van der Waals surface area contributed by atoms with Gasteiger partial charge in [-0.1, -0.05) is 0 Å². The van der Waals surface area contributed by atoms with Gasteiger partial charge in [0, 0.05) is 51.5 Å². The third-order valence-corrected chi connectivity index (χ3v) is 6.37. The zero-order chi connectivity index (χ0) is 24.1. The van der Waals surface area contributed by atoms with E-state index in [2.05, 4.69) is 20.6 Å². The summed E-state index contributed by atoms with van der Waals surface area (Å²) in [5.74, 6) is -2.93. The topological polar surface area (TPSA) is 94.9 Å². The van der Waals surface area contributed by atoms with Crippen LogP contribution in [-0.2, 0) is 11.3 Å². The van der Waals surface area contributed by atoms with E-state index in [0.29, 0.717) is 26.2 Å². The van der Waals surface area contributed by atoms with Crippen LogP contribution < -0.4 is 15.5 Å². The van der Waals surface area contributed by atoms with Crippen molar-refractivity contribution in [1.29, 1.82) is 0 Å². The Labute approximate surface area is 192 Å². The highest BCUT2D eigenvalue weighted by molar-refractivity contribution is 6.04. The van der Waals surface area contributed by atoms with Gasteiger partial charge in [-0.05, 0) is 19.1 Å². The number of piperazine rings is 1. The third kappa shape index (κ3) is 3.54. The number of aromatic nitrogens is 3. The Hall–Kier alpha value is -3.67. The summed E-state index contributed by atoms with van der Waals surface area (Å²) in [6.45, 7) is 3.65. The van der Waals surface area contributed by atoms with Gasteiger partial charge in [-0.15, -0.1) is 0 Å². The van der Waals surface area contributed by atoms with Crippen molar-refractivity contribution in [3.8, 4) is 0 Å². The van der Waals surface area contributed by atoms with Crippen LogP contribution in [0.25, 0.3) is 5.52 Å². The van der Waals surface area contributed by atoms with Gasteiger partial charge >= 0.3 is 0 Å². The molecule has 0 bridgehead atoms. The molecule has 1 saturated heterocycles. The maximum atomic E-state index is 15.3. The summed E-state index contributed by atoms with van der Waals surface area (Å²) in [5.41, 5.74) is 0.890. The first-order valence-corrected chi connectivity index (χ1v) is 10.8. The van der Waals surface area contributed by atoms with Gasteiger partial charge in [0.25, 0.3) is 12.0 Å². The molecular weight excluding hydrogens is 451 g/mol. The Balaban J connectivity index is 1.33. The zero-order valence-electron chi connectivity index (χ0n) is 18.5. The van der Waals surface area contributed by atoms with Gasteiger partial charge in [0.1, 0.15) is 11.4 Å². The predicted octanol–water partition coefficient (Wildman–Crippen LogP) is 1.88. The molecule has 2 aliphatic heterocycles. The molecule has 12 heteroatoms.